The number of alkyl halides is 9. The number of carbonyl (C=O) groups is 1. The number of amides is 1. The maximum atomic E-state index is 13.4. The Bertz CT molecular complexity index is 1390. The second-order valence-electron chi connectivity index (χ2n) is 8.73. The Morgan fingerprint density at radius 3 is 2.03 bits per heavy atom. The largest absolute Gasteiger partial charge is 0.492 e. The molecule has 39 heavy (non-hydrogen) atoms. The van der Waals surface area contributed by atoms with Crippen LogP contribution in [0.4, 0.5) is 39.5 Å². The van der Waals surface area contributed by atoms with E-state index in [0.717, 1.165) is 16.5 Å². The van der Waals surface area contributed by atoms with Crippen molar-refractivity contribution in [2.24, 2.45) is 7.05 Å². The lowest BCUT2D eigenvalue weighted by molar-refractivity contribution is -0.143. The van der Waals surface area contributed by atoms with E-state index in [1.807, 2.05) is 0 Å². The molecule has 5 nitrogen and oxygen atoms in total. The fraction of sp³-hybridized carbons (Fsp3) is 0.360. The second kappa shape index (κ2) is 10.8. The molecule has 0 N–H and O–H groups in total. The van der Waals surface area contributed by atoms with E-state index in [4.69, 9.17) is 4.74 Å². The average molecular weight is 568 g/mol. The number of aromatic nitrogens is 1. The van der Waals surface area contributed by atoms with E-state index in [2.05, 4.69) is 0 Å². The van der Waals surface area contributed by atoms with Gasteiger partial charge in [-0.3, -0.25) is 9.59 Å². The van der Waals surface area contributed by atoms with Crippen LogP contribution in [0.3, 0.4) is 0 Å². The van der Waals surface area contributed by atoms with Gasteiger partial charge in [0.2, 0.25) is 0 Å². The van der Waals surface area contributed by atoms with E-state index in [1.54, 1.807) is 6.07 Å². The summed E-state index contributed by atoms with van der Waals surface area (Å²) in [7, 11) is 2.37. The molecule has 3 rings (SSSR count). The molecule has 0 spiro atoms. The van der Waals surface area contributed by atoms with Gasteiger partial charge in [-0.05, 0) is 42.3 Å². The Balaban J connectivity index is 2.04. The van der Waals surface area contributed by atoms with Crippen LogP contribution in [-0.2, 0) is 25.9 Å². The van der Waals surface area contributed by atoms with Crippen molar-refractivity contribution in [2.75, 3.05) is 13.7 Å². The van der Waals surface area contributed by atoms with Crippen molar-refractivity contribution in [1.29, 1.82) is 0 Å². The molecule has 0 saturated heterocycles. The Kier molecular flexibility index (Phi) is 8.27. The summed E-state index contributed by atoms with van der Waals surface area (Å²) in [4.78, 5) is 27.2. The average Bonchev–Trinajstić information content (AvgIpc) is 2.82. The maximum Gasteiger partial charge on any atom is 0.416 e. The molecule has 212 valence electrons. The van der Waals surface area contributed by atoms with Gasteiger partial charge in [-0.25, -0.2) is 0 Å². The van der Waals surface area contributed by atoms with Crippen molar-refractivity contribution >= 4 is 16.8 Å². The van der Waals surface area contributed by atoms with Crippen LogP contribution < -0.4 is 10.3 Å². The molecule has 0 aliphatic heterocycles. The molecule has 0 unspecified atom stereocenters. The minimum absolute atomic E-state index is 0.0582. The van der Waals surface area contributed by atoms with E-state index in [1.165, 1.54) is 25.2 Å². The first-order valence-corrected chi connectivity index (χ1v) is 11.2. The Labute approximate surface area is 215 Å². The first kappa shape index (κ1) is 29.8. The molecule has 0 aliphatic rings. The highest BCUT2D eigenvalue weighted by Gasteiger charge is 2.37. The van der Waals surface area contributed by atoms with Crippen molar-refractivity contribution < 1.29 is 49.0 Å². The first-order chi connectivity index (χ1) is 17.9. The van der Waals surface area contributed by atoms with E-state index in [9.17, 15) is 49.1 Å². The number of pyridine rings is 1. The van der Waals surface area contributed by atoms with Gasteiger partial charge in [0.05, 0.1) is 23.3 Å². The molecule has 0 fully saturated rings. The zero-order valence-corrected chi connectivity index (χ0v) is 20.4. The lowest BCUT2D eigenvalue weighted by Gasteiger charge is -2.22. The van der Waals surface area contributed by atoms with Gasteiger partial charge >= 0.3 is 18.5 Å². The van der Waals surface area contributed by atoms with Crippen molar-refractivity contribution in [3.8, 4) is 5.75 Å². The molecule has 0 atom stereocenters. The highest BCUT2D eigenvalue weighted by Crippen LogP contribution is 2.37. The van der Waals surface area contributed by atoms with Crippen LogP contribution in [0.1, 0.15) is 39.9 Å². The van der Waals surface area contributed by atoms with Gasteiger partial charge in [-0.2, -0.15) is 39.5 Å². The SMILES string of the molecule is CN(Cc1cc(C(F)(F)F)cc(C(F)(F)F)c1)C(=O)c1c(OCCCC(F)(F)F)c2ccccc2n(C)c1=O. The third-order valence-electron chi connectivity index (χ3n) is 5.73. The number of para-hydroxylation sites is 1. The molecule has 2 aromatic carbocycles. The second-order valence-corrected chi connectivity index (χ2v) is 8.73. The molecule has 1 aromatic heterocycles. The lowest BCUT2D eigenvalue weighted by atomic mass is 10.0. The van der Waals surface area contributed by atoms with Crippen LogP contribution in [0.15, 0.2) is 47.3 Å². The zero-order chi connectivity index (χ0) is 29.3. The molecule has 1 amide bonds. The summed E-state index contributed by atoms with van der Waals surface area (Å²) in [5, 5.41) is 0.196. The van der Waals surface area contributed by atoms with Gasteiger partial charge in [0.1, 0.15) is 11.3 Å². The van der Waals surface area contributed by atoms with Gasteiger partial charge in [0, 0.05) is 32.4 Å². The summed E-state index contributed by atoms with van der Waals surface area (Å²) in [5.74, 6) is -1.45. The normalized spacial score (nSPS) is 12.6. The van der Waals surface area contributed by atoms with Gasteiger partial charge < -0.3 is 14.2 Å². The van der Waals surface area contributed by atoms with Crippen LogP contribution in [-0.4, -0.2) is 35.2 Å². The summed E-state index contributed by atoms with van der Waals surface area (Å²) < 4.78 is 124. The van der Waals surface area contributed by atoms with E-state index in [0.29, 0.717) is 12.1 Å². The topological polar surface area (TPSA) is 51.5 Å². The Morgan fingerprint density at radius 1 is 0.923 bits per heavy atom. The Morgan fingerprint density at radius 2 is 1.49 bits per heavy atom. The predicted octanol–water partition coefficient (Wildman–Crippen LogP) is 6.57. The number of fused-ring (bicyclic) bond motifs is 1. The molecule has 14 heteroatoms. The number of carbonyl (C=O) groups excluding carboxylic acids is 1. The van der Waals surface area contributed by atoms with Crippen molar-refractivity contribution in [2.45, 2.75) is 37.9 Å². The third kappa shape index (κ3) is 7.03. The fourth-order valence-corrected chi connectivity index (χ4v) is 3.90. The molecule has 0 bridgehead atoms. The van der Waals surface area contributed by atoms with Crippen LogP contribution in [0, 0.1) is 0 Å². The minimum atomic E-state index is -5.11. The van der Waals surface area contributed by atoms with E-state index < -0.39 is 78.2 Å². The predicted molar refractivity (Wildman–Crippen MR) is 122 cm³/mol. The molecular weight excluding hydrogens is 547 g/mol. The first-order valence-electron chi connectivity index (χ1n) is 11.2. The summed E-state index contributed by atoms with van der Waals surface area (Å²) in [6.45, 7) is -1.28. The van der Waals surface area contributed by atoms with Crippen molar-refractivity contribution in [1.82, 2.24) is 9.47 Å². The van der Waals surface area contributed by atoms with Gasteiger partial charge in [0.15, 0.2) is 0 Å². The van der Waals surface area contributed by atoms with Crippen LogP contribution in [0.5, 0.6) is 5.75 Å². The van der Waals surface area contributed by atoms with Crippen molar-refractivity contribution in [3.05, 3.63) is 75.1 Å². The number of hydrogen-bond donors (Lipinski definition) is 0. The molecule has 0 aliphatic carbocycles. The van der Waals surface area contributed by atoms with E-state index in [-0.39, 0.29) is 22.7 Å². The third-order valence-corrected chi connectivity index (χ3v) is 5.73. The number of hydrogen-bond acceptors (Lipinski definition) is 3. The summed E-state index contributed by atoms with van der Waals surface area (Å²) in [5.41, 5.74) is -4.95. The molecule has 0 radical (unpaired) electrons. The molecular formula is C25H21F9N2O3. The highest BCUT2D eigenvalue weighted by atomic mass is 19.4. The zero-order valence-electron chi connectivity index (χ0n) is 20.4. The number of aryl methyl sites for hydroxylation is 1. The van der Waals surface area contributed by atoms with Crippen LogP contribution in [0.2, 0.25) is 0 Å². The maximum absolute atomic E-state index is 13.4. The van der Waals surface area contributed by atoms with E-state index >= 15 is 0 Å². The number of rotatable bonds is 7. The molecule has 1 heterocycles. The smallest absolute Gasteiger partial charge is 0.416 e. The van der Waals surface area contributed by atoms with Crippen molar-refractivity contribution in [3.63, 3.8) is 0 Å². The lowest BCUT2D eigenvalue weighted by Crippen LogP contribution is -2.34. The quantitative estimate of drug-likeness (QED) is 0.239. The summed E-state index contributed by atoms with van der Waals surface area (Å²) in [6, 6.07) is 6.88. The van der Waals surface area contributed by atoms with Gasteiger partial charge in [-0.15, -0.1) is 0 Å². The number of nitrogens with zero attached hydrogens (tertiary/aromatic N) is 2. The Hall–Kier alpha value is -3.71. The number of benzene rings is 2. The molecule has 3 aromatic rings. The van der Waals surface area contributed by atoms with Crippen LogP contribution in [0.25, 0.3) is 10.9 Å². The van der Waals surface area contributed by atoms with Crippen LogP contribution >= 0.6 is 0 Å². The minimum Gasteiger partial charge on any atom is -0.492 e. The number of halogens is 9. The standard InChI is InChI=1S/C25H21F9N2O3/c1-35(13-14-10-15(24(29,30)31)12-16(11-14)25(32,33)34)21(37)19-20(39-9-5-8-23(26,27)28)17-6-3-4-7-18(17)36(2)22(19)38/h3-4,6-7,10-12H,5,8-9,13H2,1-2H3. The van der Waals surface area contributed by atoms with Gasteiger partial charge in [0.25, 0.3) is 11.5 Å². The number of ether oxygens (including phenoxy) is 1. The van der Waals surface area contributed by atoms with Gasteiger partial charge in [-0.1, -0.05) is 12.1 Å². The molecule has 0 saturated carbocycles. The fourth-order valence-electron chi connectivity index (χ4n) is 3.90. The summed E-state index contributed by atoms with van der Waals surface area (Å²) in [6.07, 6.45) is -16.4. The summed E-state index contributed by atoms with van der Waals surface area (Å²) >= 11 is 0. The highest BCUT2D eigenvalue weighted by molar-refractivity contribution is 6.02. The monoisotopic (exact) mass is 568 g/mol.